The summed E-state index contributed by atoms with van der Waals surface area (Å²) in [6.45, 7) is 1.04. The van der Waals surface area contributed by atoms with Crippen molar-refractivity contribution in [1.82, 2.24) is 14.1 Å². The lowest BCUT2D eigenvalue weighted by molar-refractivity contribution is -0.111. The molecule has 1 saturated heterocycles. The van der Waals surface area contributed by atoms with Gasteiger partial charge in [-0.3, -0.25) is 9.48 Å². The fourth-order valence-electron chi connectivity index (χ4n) is 3.25. The molecule has 0 spiro atoms. The van der Waals surface area contributed by atoms with Gasteiger partial charge >= 0.3 is 0 Å². The van der Waals surface area contributed by atoms with Gasteiger partial charge in [0, 0.05) is 38.0 Å². The van der Waals surface area contributed by atoms with Gasteiger partial charge in [0.2, 0.25) is 15.9 Å². The van der Waals surface area contributed by atoms with Gasteiger partial charge in [-0.1, -0.05) is 12.8 Å². The van der Waals surface area contributed by atoms with Crippen LogP contribution >= 0.6 is 0 Å². The number of rotatable bonds is 6. The minimum atomic E-state index is -3.62. The normalized spacial score (nSPS) is 15.9. The van der Waals surface area contributed by atoms with Crippen molar-refractivity contribution in [2.24, 2.45) is 7.05 Å². The van der Waals surface area contributed by atoms with Gasteiger partial charge in [-0.2, -0.15) is 9.40 Å². The summed E-state index contributed by atoms with van der Waals surface area (Å²) in [5, 5.41) is 6.74. The van der Waals surface area contributed by atoms with E-state index in [1.54, 1.807) is 36.3 Å². The number of nitrogens with zero attached hydrogens (tertiary/aromatic N) is 3. The third kappa shape index (κ3) is 5.24. The van der Waals surface area contributed by atoms with E-state index in [0.29, 0.717) is 24.5 Å². The molecule has 8 nitrogen and oxygen atoms in total. The quantitative estimate of drug-likeness (QED) is 0.728. The second kappa shape index (κ2) is 9.23. The fourth-order valence-corrected chi connectivity index (χ4v) is 4.79. The molecule has 1 aliphatic rings. The van der Waals surface area contributed by atoms with Gasteiger partial charge in [0.05, 0.1) is 23.9 Å². The summed E-state index contributed by atoms with van der Waals surface area (Å²) in [7, 11) is -0.362. The van der Waals surface area contributed by atoms with E-state index >= 15 is 0 Å². The first-order valence-electron chi connectivity index (χ1n) is 9.56. The number of carbonyl (C=O) groups excluding carboxylic acids is 1. The Labute approximate surface area is 171 Å². The van der Waals surface area contributed by atoms with E-state index in [0.717, 1.165) is 31.2 Å². The summed E-state index contributed by atoms with van der Waals surface area (Å²) in [6, 6.07) is 4.53. The van der Waals surface area contributed by atoms with Gasteiger partial charge in [0.15, 0.2) is 0 Å². The van der Waals surface area contributed by atoms with Crippen molar-refractivity contribution in [3.63, 3.8) is 0 Å². The number of sulfonamides is 1. The molecule has 1 fully saturated rings. The SMILES string of the molecule is COc1ccc(S(=O)(=O)N2CCCCCC2)cc1NC(=O)/C=C/c1cnn(C)c1. The number of carbonyl (C=O) groups is 1. The van der Waals surface area contributed by atoms with Crippen molar-refractivity contribution in [2.45, 2.75) is 30.6 Å². The molecule has 2 heterocycles. The first kappa shape index (κ1) is 21.1. The highest BCUT2D eigenvalue weighted by Crippen LogP contribution is 2.30. The van der Waals surface area contributed by atoms with Crippen molar-refractivity contribution in [1.29, 1.82) is 0 Å². The standard InChI is InChI=1S/C20H26N4O4S/c1-23-15-16(14-21-23)7-10-20(25)22-18-13-17(8-9-19(18)28-2)29(26,27)24-11-5-3-4-6-12-24/h7-10,13-15H,3-6,11-12H2,1-2H3,(H,22,25)/b10-7+. The lowest BCUT2D eigenvalue weighted by Gasteiger charge is -2.20. The van der Waals surface area contributed by atoms with Crippen molar-refractivity contribution in [3.8, 4) is 5.75 Å². The van der Waals surface area contributed by atoms with Gasteiger partial charge in [-0.05, 0) is 37.1 Å². The highest BCUT2D eigenvalue weighted by Gasteiger charge is 2.26. The predicted octanol–water partition coefficient (Wildman–Crippen LogP) is 2.65. The van der Waals surface area contributed by atoms with E-state index in [1.165, 1.54) is 29.6 Å². The lowest BCUT2D eigenvalue weighted by Crippen LogP contribution is -2.32. The van der Waals surface area contributed by atoms with E-state index in [1.807, 2.05) is 0 Å². The Hall–Kier alpha value is -2.65. The van der Waals surface area contributed by atoms with Crippen LogP contribution in [0.1, 0.15) is 31.2 Å². The van der Waals surface area contributed by atoms with Crippen LogP contribution in [0.25, 0.3) is 6.08 Å². The Morgan fingerprint density at radius 1 is 1.21 bits per heavy atom. The molecule has 0 atom stereocenters. The molecule has 1 aromatic carbocycles. The Bertz CT molecular complexity index is 990. The third-order valence-electron chi connectivity index (χ3n) is 4.78. The molecule has 1 amide bonds. The molecule has 29 heavy (non-hydrogen) atoms. The number of benzene rings is 1. The van der Waals surface area contributed by atoms with Crippen molar-refractivity contribution in [2.75, 3.05) is 25.5 Å². The number of aromatic nitrogens is 2. The highest BCUT2D eigenvalue weighted by molar-refractivity contribution is 7.89. The Morgan fingerprint density at radius 2 is 1.93 bits per heavy atom. The number of anilines is 1. The van der Waals surface area contributed by atoms with Crippen LogP contribution in [0.5, 0.6) is 5.75 Å². The number of methoxy groups -OCH3 is 1. The molecule has 3 rings (SSSR count). The maximum atomic E-state index is 13.0. The second-order valence-corrected chi connectivity index (χ2v) is 8.89. The van der Waals surface area contributed by atoms with Gasteiger partial charge < -0.3 is 10.1 Å². The fraction of sp³-hybridized carbons (Fsp3) is 0.400. The topological polar surface area (TPSA) is 93.5 Å². The minimum Gasteiger partial charge on any atom is -0.495 e. The number of amides is 1. The summed E-state index contributed by atoms with van der Waals surface area (Å²) in [4.78, 5) is 12.5. The second-order valence-electron chi connectivity index (χ2n) is 6.95. The summed E-state index contributed by atoms with van der Waals surface area (Å²) in [6.07, 6.45) is 10.2. The highest BCUT2D eigenvalue weighted by atomic mass is 32.2. The van der Waals surface area contributed by atoms with Crippen LogP contribution in [0.3, 0.4) is 0 Å². The zero-order valence-corrected chi connectivity index (χ0v) is 17.5. The summed E-state index contributed by atoms with van der Waals surface area (Å²) < 4.78 is 34.5. The minimum absolute atomic E-state index is 0.145. The summed E-state index contributed by atoms with van der Waals surface area (Å²) in [5.74, 6) is -0.000539. The van der Waals surface area contributed by atoms with Gasteiger partial charge in [-0.15, -0.1) is 0 Å². The maximum Gasteiger partial charge on any atom is 0.248 e. The van der Waals surface area contributed by atoms with E-state index < -0.39 is 15.9 Å². The van der Waals surface area contributed by atoms with Crippen LogP contribution in [-0.4, -0.2) is 48.6 Å². The van der Waals surface area contributed by atoms with Crippen LogP contribution in [0.4, 0.5) is 5.69 Å². The van der Waals surface area contributed by atoms with Gasteiger partial charge in [0.1, 0.15) is 5.75 Å². The van der Waals surface area contributed by atoms with E-state index in [4.69, 9.17) is 4.74 Å². The van der Waals surface area contributed by atoms with Crippen LogP contribution in [0.2, 0.25) is 0 Å². The average molecular weight is 419 g/mol. The first-order valence-corrected chi connectivity index (χ1v) is 11.0. The molecule has 9 heteroatoms. The molecule has 1 N–H and O–H groups in total. The van der Waals surface area contributed by atoms with Crippen LogP contribution in [0, 0.1) is 0 Å². The van der Waals surface area contributed by atoms with Gasteiger partial charge in [-0.25, -0.2) is 8.42 Å². The van der Waals surface area contributed by atoms with Gasteiger partial charge in [0.25, 0.3) is 0 Å². The average Bonchev–Trinajstić information content (AvgIpc) is 2.94. The molecule has 0 saturated carbocycles. The van der Waals surface area contributed by atoms with Crippen LogP contribution < -0.4 is 10.1 Å². The molecule has 2 aromatic rings. The molecule has 1 aliphatic heterocycles. The molecule has 1 aromatic heterocycles. The van der Waals surface area contributed by atoms with E-state index in [9.17, 15) is 13.2 Å². The number of hydrogen-bond acceptors (Lipinski definition) is 5. The third-order valence-corrected chi connectivity index (χ3v) is 6.68. The molecule has 0 radical (unpaired) electrons. The van der Waals surface area contributed by atoms with Crippen molar-refractivity contribution < 1.29 is 17.9 Å². The lowest BCUT2D eigenvalue weighted by atomic mass is 10.2. The predicted molar refractivity (Wildman–Crippen MR) is 111 cm³/mol. The largest absolute Gasteiger partial charge is 0.495 e. The van der Waals surface area contributed by atoms with E-state index in [2.05, 4.69) is 10.4 Å². The number of hydrogen-bond donors (Lipinski definition) is 1. The van der Waals surface area contributed by atoms with Crippen LogP contribution in [0.15, 0.2) is 41.6 Å². The molecular formula is C20H26N4O4S. The maximum absolute atomic E-state index is 13.0. The Kier molecular flexibility index (Phi) is 6.71. The number of ether oxygens (including phenoxy) is 1. The van der Waals surface area contributed by atoms with E-state index in [-0.39, 0.29) is 4.90 Å². The zero-order chi connectivity index (χ0) is 20.9. The Balaban J connectivity index is 1.81. The monoisotopic (exact) mass is 418 g/mol. The Morgan fingerprint density at radius 3 is 2.55 bits per heavy atom. The molecule has 156 valence electrons. The summed E-state index contributed by atoms with van der Waals surface area (Å²) >= 11 is 0. The smallest absolute Gasteiger partial charge is 0.248 e. The number of aryl methyl sites for hydroxylation is 1. The van der Waals surface area contributed by atoms with Crippen molar-refractivity contribution >= 4 is 27.7 Å². The summed E-state index contributed by atoms with van der Waals surface area (Å²) in [5.41, 5.74) is 1.09. The molecule has 0 bridgehead atoms. The van der Waals surface area contributed by atoms with Crippen molar-refractivity contribution in [3.05, 3.63) is 42.2 Å². The number of nitrogens with one attached hydrogen (secondary N) is 1. The van der Waals surface area contributed by atoms with Crippen LogP contribution in [-0.2, 0) is 21.9 Å². The first-order chi connectivity index (χ1) is 13.9. The molecular weight excluding hydrogens is 392 g/mol. The molecule has 0 aliphatic carbocycles. The zero-order valence-electron chi connectivity index (χ0n) is 16.7. The molecule has 0 unspecified atom stereocenters.